The fraction of sp³-hybridized carbons (Fsp3) is 0.619. The molecule has 2 heterocycles. The van der Waals surface area contributed by atoms with E-state index < -0.39 is 0 Å². The zero-order valence-electron chi connectivity index (χ0n) is 14.7. The molecule has 3 nitrogen and oxygen atoms in total. The maximum absolute atomic E-state index is 6.12. The van der Waals surface area contributed by atoms with E-state index in [9.17, 15) is 0 Å². The molecule has 0 amide bonds. The van der Waals surface area contributed by atoms with Gasteiger partial charge in [-0.05, 0) is 57.1 Å². The zero-order valence-corrected chi connectivity index (χ0v) is 14.7. The van der Waals surface area contributed by atoms with Crippen molar-refractivity contribution >= 4 is 11.4 Å². The van der Waals surface area contributed by atoms with E-state index in [4.69, 9.17) is 5.73 Å². The number of para-hydroxylation sites is 2. The van der Waals surface area contributed by atoms with Gasteiger partial charge in [0.1, 0.15) is 0 Å². The Morgan fingerprint density at radius 1 is 0.958 bits per heavy atom. The highest BCUT2D eigenvalue weighted by Gasteiger charge is 2.43. The Bertz CT molecular complexity index is 568. The molecule has 3 N–H and O–H groups in total. The number of nitrogen functional groups attached to an aromatic ring is 1. The van der Waals surface area contributed by atoms with Crippen molar-refractivity contribution in [2.24, 2.45) is 0 Å². The van der Waals surface area contributed by atoms with Crippen molar-refractivity contribution in [2.75, 3.05) is 11.1 Å². The van der Waals surface area contributed by atoms with Gasteiger partial charge in [-0.2, -0.15) is 0 Å². The molecule has 3 unspecified atom stereocenters. The normalized spacial score (nSPS) is 35.2. The average molecular weight is 326 g/mol. The molecule has 0 saturated carbocycles. The predicted octanol–water partition coefficient (Wildman–Crippen LogP) is 4.57. The lowest BCUT2D eigenvalue weighted by Crippen LogP contribution is -2.51. The molecule has 2 bridgehead atoms. The summed E-state index contributed by atoms with van der Waals surface area (Å²) >= 11 is 0. The first-order valence-corrected chi connectivity index (χ1v) is 9.86. The number of nitrogens with two attached hydrogens (primary N) is 1. The van der Waals surface area contributed by atoms with Crippen LogP contribution in [0, 0.1) is 0 Å². The van der Waals surface area contributed by atoms with Gasteiger partial charge < -0.3 is 11.1 Å². The second-order valence-corrected chi connectivity index (χ2v) is 7.87. The van der Waals surface area contributed by atoms with Crippen molar-refractivity contribution < 1.29 is 0 Å². The lowest BCUT2D eigenvalue weighted by atomic mass is 9.92. The number of nitrogens with zero attached hydrogens (tertiary/aromatic N) is 1. The van der Waals surface area contributed by atoms with Crippen LogP contribution in [0.3, 0.4) is 0 Å². The number of nitrogens with one attached hydrogen (secondary N) is 1. The van der Waals surface area contributed by atoms with Crippen molar-refractivity contribution in [3.05, 3.63) is 36.4 Å². The van der Waals surface area contributed by atoms with Crippen LogP contribution in [0.4, 0.5) is 11.4 Å². The largest absolute Gasteiger partial charge is 0.397 e. The average Bonchev–Trinajstić information content (AvgIpc) is 2.81. The van der Waals surface area contributed by atoms with E-state index in [1.807, 2.05) is 12.1 Å². The third kappa shape index (κ3) is 3.32. The number of allylic oxidation sites excluding steroid dienone is 1. The van der Waals surface area contributed by atoms with Gasteiger partial charge in [0.15, 0.2) is 0 Å². The molecule has 2 saturated heterocycles. The Morgan fingerprint density at radius 3 is 2.54 bits per heavy atom. The van der Waals surface area contributed by atoms with Gasteiger partial charge in [-0.25, -0.2) is 0 Å². The molecule has 4 atom stereocenters. The minimum absolute atomic E-state index is 0.570. The van der Waals surface area contributed by atoms with Crippen molar-refractivity contribution in [3.8, 4) is 0 Å². The quantitative estimate of drug-likeness (QED) is 0.632. The monoisotopic (exact) mass is 325 g/mol. The summed E-state index contributed by atoms with van der Waals surface area (Å²) in [5.74, 6) is 0. The van der Waals surface area contributed by atoms with Crippen LogP contribution in [-0.4, -0.2) is 29.1 Å². The van der Waals surface area contributed by atoms with E-state index in [0.717, 1.165) is 23.5 Å². The van der Waals surface area contributed by atoms with Gasteiger partial charge in [-0.1, -0.05) is 37.1 Å². The number of rotatable bonds is 3. The summed E-state index contributed by atoms with van der Waals surface area (Å²) in [5.41, 5.74) is 8.10. The molecule has 2 aliphatic heterocycles. The van der Waals surface area contributed by atoms with Crippen LogP contribution in [-0.2, 0) is 0 Å². The third-order valence-corrected chi connectivity index (χ3v) is 6.22. The number of hydrogen-bond donors (Lipinski definition) is 2. The van der Waals surface area contributed by atoms with Crippen molar-refractivity contribution in [1.29, 1.82) is 0 Å². The first-order chi connectivity index (χ1) is 11.8. The zero-order chi connectivity index (χ0) is 16.4. The Morgan fingerprint density at radius 2 is 1.75 bits per heavy atom. The molecule has 0 aromatic heterocycles. The molecule has 2 fully saturated rings. The highest BCUT2D eigenvalue weighted by molar-refractivity contribution is 5.66. The maximum Gasteiger partial charge on any atom is 0.0576 e. The lowest BCUT2D eigenvalue weighted by molar-refractivity contribution is 0.0958. The number of benzene rings is 1. The van der Waals surface area contributed by atoms with Gasteiger partial charge in [-0.15, -0.1) is 0 Å². The van der Waals surface area contributed by atoms with E-state index in [1.165, 1.54) is 57.8 Å². The van der Waals surface area contributed by atoms with Crippen LogP contribution >= 0.6 is 0 Å². The Balaban J connectivity index is 1.43. The van der Waals surface area contributed by atoms with Crippen LogP contribution in [0.1, 0.15) is 57.8 Å². The van der Waals surface area contributed by atoms with Gasteiger partial charge in [0.05, 0.1) is 11.4 Å². The molecule has 0 radical (unpaired) electrons. The summed E-state index contributed by atoms with van der Waals surface area (Å²) in [7, 11) is 0. The molecule has 3 heteroatoms. The lowest BCUT2D eigenvalue weighted by Gasteiger charge is -2.43. The molecular formula is C21H31N3. The summed E-state index contributed by atoms with van der Waals surface area (Å²) in [4.78, 5) is 2.87. The van der Waals surface area contributed by atoms with Gasteiger partial charge in [0.25, 0.3) is 0 Å². The van der Waals surface area contributed by atoms with Gasteiger partial charge in [0, 0.05) is 24.2 Å². The summed E-state index contributed by atoms with van der Waals surface area (Å²) in [6.07, 6.45) is 17.0. The topological polar surface area (TPSA) is 41.3 Å². The van der Waals surface area contributed by atoms with Crippen LogP contribution in [0.15, 0.2) is 36.4 Å². The van der Waals surface area contributed by atoms with Gasteiger partial charge in [-0.3, -0.25) is 4.90 Å². The highest BCUT2D eigenvalue weighted by atomic mass is 15.3. The van der Waals surface area contributed by atoms with E-state index in [1.54, 1.807) is 0 Å². The van der Waals surface area contributed by atoms with Gasteiger partial charge in [0.2, 0.25) is 0 Å². The molecule has 4 rings (SSSR count). The number of fused-ring (bicyclic) bond motifs is 2. The molecule has 1 aromatic carbocycles. The highest BCUT2D eigenvalue weighted by Crippen LogP contribution is 2.40. The smallest absolute Gasteiger partial charge is 0.0576 e. The number of piperidine rings is 1. The third-order valence-electron chi connectivity index (χ3n) is 6.22. The minimum Gasteiger partial charge on any atom is -0.397 e. The predicted molar refractivity (Wildman–Crippen MR) is 102 cm³/mol. The molecular weight excluding hydrogens is 294 g/mol. The second kappa shape index (κ2) is 7.18. The molecule has 24 heavy (non-hydrogen) atoms. The molecule has 1 aliphatic carbocycles. The number of hydrogen-bond acceptors (Lipinski definition) is 3. The van der Waals surface area contributed by atoms with Crippen molar-refractivity contribution in [3.63, 3.8) is 0 Å². The molecule has 130 valence electrons. The molecule has 3 aliphatic rings. The fourth-order valence-electron chi connectivity index (χ4n) is 5.11. The Kier molecular flexibility index (Phi) is 4.79. The summed E-state index contributed by atoms with van der Waals surface area (Å²) in [6, 6.07) is 10.9. The molecule has 0 spiro atoms. The number of anilines is 2. The van der Waals surface area contributed by atoms with Gasteiger partial charge >= 0.3 is 0 Å². The van der Waals surface area contributed by atoms with Crippen molar-refractivity contribution in [2.45, 2.75) is 82.0 Å². The van der Waals surface area contributed by atoms with Crippen LogP contribution in [0.5, 0.6) is 0 Å². The standard InChI is InChI=1S/C21H31N3/c22-20-10-6-7-11-21(20)23-16-14-18-12-13-19(15-16)24(18)17-8-4-2-1-3-5-9-17/h4,6-8,10-11,16-19,23H,1-3,5,9,12-15,22H2/b8-4-/t16?,17?,18-,19?/m0/s1. The first kappa shape index (κ1) is 16.0. The van der Waals surface area contributed by atoms with E-state index in [0.29, 0.717) is 12.1 Å². The van der Waals surface area contributed by atoms with E-state index in [2.05, 4.69) is 34.5 Å². The summed E-state index contributed by atoms with van der Waals surface area (Å²) in [5, 5.41) is 3.73. The Labute approximate surface area is 146 Å². The van der Waals surface area contributed by atoms with Crippen LogP contribution in [0.2, 0.25) is 0 Å². The summed E-state index contributed by atoms with van der Waals surface area (Å²) < 4.78 is 0. The Hall–Kier alpha value is -1.48. The van der Waals surface area contributed by atoms with Crippen LogP contribution in [0.25, 0.3) is 0 Å². The van der Waals surface area contributed by atoms with Crippen molar-refractivity contribution in [1.82, 2.24) is 4.90 Å². The first-order valence-electron chi connectivity index (χ1n) is 9.86. The fourth-order valence-corrected chi connectivity index (χ4v) is 5.11. The SMILES string of the molecule is Nc1ccccc1NC1CC2CC[C@@H](C1)N2C1/C=C\CCCCC1. The van der Waals surface area contributed by atoms with Crippen LogP contribution < -0.4 is 11.1 Å². The molecule has 1 aromatic rings. The van der Waals surface area contributed by atoms with E-state index >= 15 is 0 Å². The van der Waals surface area contributed by atoms with E-state index in [-0.39, 0.29) is 0 Å². The minimum atomic E-state index is 0.570. The summed E-state index contributed by atoms with van der Waals surface area (Å²) in [6.45, 7) is 0. The maximum atomic E-state index is 6.12. The second-order valence-electron chi connectivity index (χ2n) is 7.87.